The average Bonchev–Trinajstić information content (AvgIpc) is 3.47. The fraction of sp³-hybridized carbons (Fsp3) is 0.320. The smallest absolute Gasteiger partial charge is 0.164 e. The summed E-state index contributed by atoms with van der Waals surface area (Å²) in [6.45, 7) is 5.83. The number of halogens is 1. The van der Waals surface area contributed by atoms with Crippen molar-refractivity contribution in [2.75, 3.05) is 13.2 Å². The minimum absolute atomic E-state index is 0.181. The first-order valence-corrected chi connectivity index (χ1v) is 11.0. The number of benzene rings is 1. The van der Waals surface area contributed by atoms with E-state index < -0.39 is 0 Å². The molecule has 6 nitrogen and oxygen atoms in total. The molecule has 7 heteroatoms. The molecule has 0 amide bonds. The molecule has 0 unspecified atom stereocenters. The van der Waals surface area contributed by atoms with E-state index in [0.29, 0.717) is 5.92 Å². The summed E-state index contributed by atoms with van der Waals surface area (Å²) in [5.41, 5.74) is 3.74. The van der Waals surface area contributed by atoms with Crippen molar-refractivity contribution in [3.8, 4) is 28.6 Å². The molecule has 0 bridgehead atoms. The number of ether oxygens (including phenoxy) is 1. The van der Waals surface area contributed by atoms with Gasteiger partial charge < -0.3 is 9.30 Å². The number of aromatic nitrogens is 5. The second-order valence-electron chi connectivity index (χ2n) is 8.41. The number of pyridine rings is 1. The van der Waals surface area contributed by atoms with Gasteiger partial charge in [0.25, 0.3) is 0 Å². The summed E-state index contributed by atoms with van der Waals surface area (Å²) < 4.78 is 23.1. The first kappa shape index (κ1) is 20.6. The molecule has 4 heterocycles. The number of rotatable bonds is 5. The van der Waals surface area contributed by atoms with Crippen molar-refractivity contribution in [1.29, 1.82) is 0 Å². The topological polar surface area (TPSA) is 57.8 Å². The maximum atomic E-state index is 13.5. The Kier molecular flexibility index (Phi) is 5.57. The van der Waals surface area contributed by atoms with Crippen molar-refractivity contribution in [3.05, 3.63) is 72.7 Å². The van der Waals surface area contributed by atoms with E-state index in [2.05, 4.69) is 34.4 Å². The Hall–Kier alpha value is -3.32. The quantitative estimate of drug-likeness (QED) is 0.424. The zero-order valence-corrected chi connectivity index (χ0v) is 18.3. The van der Waals surface area contributed by atoms with Gasteiger partial charge in [0.15, 0.2) is 5.82 Å². The van der Waals surface area contributed by atoms with E-state index in [-0.39, 0.29) is 11.9 Å². The summed E-state index contributed by atoms with van der Waals surface area (Å²) >= 11 is 0. The summed E-state index contributed by atoms with van der Waals surface area (Å²) in [6.07, 6.45) is 9.54. The van der Waals surface area contributed by atoms with Crippen LogP contribution in [0.5, 0.6) is 0 Å². The molecule has 1 fully saturated rings. The van der Waals surface area contributed by atoms with Crippen LogP contribution in [0.1, 0.15) is 44.2 Å². The Labute approximate surface area is 186 Å². The van der Waals surface area contributed by atoms with Crippen LogP contribution in [0.4, 0.5) is 4.39 Å². The Morgan fingerprint density at radius 2 is 1.78 bits per heavy atom. The molecule has 0 spiro atoms. The predicted octanol–water partition coefficient (Wildman–Crippen LogP) is 5.41. The van der Waals surface area contributed by atoms with Crippen LogP contribution < -0.4 is 0 Å². The standard InChI is InChI=1S/C25H26FN5O/c1-17(2)31-16-29-23(19-3-6-21(26)7-4-19)24(31)25-27-11-12-30(25)22-8-5-20(15-28-22)18-9-13-32-14-10-18/h3-8,11-12,15-18H,9-10,13-14H2,1-2H3. The van der Waals surface area contributed by atoms with Crippen molar-refractivity contribution in [2.24, 2.45) is 0 Å². The lowest BCUT2D eigenvalue weighted by molar-refractivity contribution is 0.0853. The summed E-state index contributed by atoms with van der Waals surface area (Å²) in [7, 11) is 0. The van der Waals surface area contributed by atoms with Crippen LogP contribution in [-0.2, 0) is 4.74 Å². The van der Waals surface area contributed by atoms with Crippen LogP contribution in [0, 0.1) is 5.82 Å². The normalized spacial score (nSPS) is 14.9. The van der Waals surface area contributed by atoms with Crippen LogP contribution in [0.2, 0.25) is 0 Å². The van der Waals surface area contributed by atoms with Gasteiger partial charge in [0.05, 0.1) is 12.0 Å². The number of nitrogens with zero attached hydrogens (tertiary/aromatic N) is 5. The zero-order chi connectivity index (χ0) is 22.1. The summed E-state index contributed by atoms with van der Waals surface area (Å²) in [4.78, 5) is 14.1. The van der Waals surface area contributed by atoms with Crippen LogP contribution in [0.15, 0.2) is 61.3 Å². The van der Waals surface area contributed by atoms with E-state index in [4.69, 9.17) is 9.72 Å². The SMILES string of the molecule is CC(C)n1cnc(-c2ccc(F)cc2)c1-c1nccn1-c1ccc(C2CCOCC2)cn1. The molecule has 3 aromatic heterocycles. The molecule has 1 aliphatic heterocycles. The van der Waals surface area contributed by atoms with Crippen molar-refractivity contribution >= 4 is 0 Å². The molecular weight excluding hydrogens is 405 g/mol. The van der Waals surface area contributed by atoms with Gasteiger partial charge >= 0.3 is 0 Å². The minimum Gasteiger partial charge on any atom is -0.381 e. The van der Waals surface area contributed by atoms with E-state index in [1.54, 1.807) is 18.3 Å². The molecule has 0 saturated carbocycles. The zero-order valence-electron chi connectivity index (χ0n) is 18.3. The first-order valence-electron chi connectivity index (χ1n) is 11.0. The molecule has 32 heavy (non-hydrogen) atoms. The Morgan fingerprint density at radius 1 is 1.00 bits per heavy atom. The summed E-state index contributed by atoms with van der Waals surface area (Å²) in [6, 6.07) is 10.8. The molecule has 0 atom stereocenters. The third kappa shape index (κ3) is 3.84. The number of hydrogen-bond donors (Lipinski definition) is 0. The molecular formula is C25H26FN5O. The monoisotopic (exact) mass is 431 g/mol. The van der Waals surface area contributed by atoms with Gasteiger partial charge in [-0.1, -0.05) is 6.07 Å². The fourth-order valence-corrected chi connectivity index (χ4v) is 4.27. The molecule has 5 rings (SSSR count). The Balaban J connectivity index is 1.56. The first-order chi connectivity index (χ1) is 15.6. The second kappa shape index (κ2) is 8.67. The van der Waals surface area contributed by atoms with E-state index in [1.165, 1.54) is 17.7 Å². The third-order valence-corrected chi connectivity index (χ3v) is 6.03. The maximum Gasteiger partial charge on any atom is 0.164 e. The van der Waals surface area contributed by atoms with Gasteiger partial charge in [0.2, 0.25) is 0 Å². The van der Waals surface area contributed by atoms with Gasteiger partial charge in [-0.2, -0.15) is 0 Å². The molecule has 1 aliphatic rings. The van der Waals surface area contributed by atoms with Crippen molar-refractivity contribution in [1.82, 2.24) is 24.1 Å². The van der Waals surface area contributed by atoms with Crippen LogP contribution in [0.3, 0.4) is 0 Å². The van der Waals surface area contributed by atoms with E-state index in [0.717, 1.165) is 54.6 Å². The highest BCUT2D eigenvalue weighted by Crippen LogP contribution is 2.34. The van der Waals surface area contributed by atoms with Gasteiger partial charge in [0, 0.05) is 43.4 Å². The van der Waals surface area contributed by atoms with Crippen LogP contribution in [0.25, 0.3) is 28.6 Å². The van der Waals surface area contributed by atoms with Gasteiger partial charge in [-0.05, 0) is 68.5 Å². The molecule has 4 aromatic rings. The largest absolute Gasteiger partial charge is 0.381 e. The Morgan fingerprint density at radius 3 is 2.47 bits per heavy atom. The lowest BCUT2D eigenvalue weighted by Gasteiger charge is -2.22. The van der Waals surface area contributed by atoms with Crippen molar-refractivity contribution in [3.63, 3.8) is 0 Å². The molecule has 0 N–H and O–H groups in total. The molecule has 0 radical (unpaired) electrons. The van der Waals surface area contributed by atoms with Crippen LogP contribution >= 0.6 is 0 Å². The number of hydrogen-bond acceptors (Lipinski definition) is 4. The minimum atomic E-state index is -0.270. The molecule has 0 aliphatic carbocycles. The highest BCUT2D eigenvalue weighted by Gasteiger charge is 2.22. The van der Waals surface area contributed by atoms with Crippen molar-refractivity contribution in [2.45, 2.75) is 38.6 Å². The maximum absolute atomic E-state index is 13.5. The lowest BCUT2D eigenvalue weighted by Crippen LogP contribution is -2.14. The van der Waals surface area contributed by atoms with Crippen LogP contribution in [-0.4, -0.2) is 37.3 Å². The van der Waals surface area contributed by atoms with Gasteiger partial charge in [-0.15, -0.1) is 0 Å². The lowest BCUT2D eigenvalue weighted by atomic mass is 9.93. The fourth-order valence-electron chi connectivity index (χ4n) is 4.27. The highest BCUT2D eigenvalue weighted by atomic mass is 19.1. The molecule has 164 valence electrons. The van der Waals surface area contributed by atoms with E-state index in [9.17, 15) is 4.39 Å². The summed E-state index contributed by atoms with van der Waals surface area (Å²) in [5, 5.41) is 0. The van der Waals surface area contributed by atoms with E-state index >= 15 is 0 Å². The second-order valence-corrected chi connectivity index (χ2v) is 8.41. The highest BCUT2D eigenvalue weighted by molar-refractivity contribution is 5.76. The van der Waals surface area contributed by atoms with E-state index in [1.807, 2.05) is 29.4 Å². The summed E-state index contributed by atoms with van der Waals surface area (Å²) in [5.74, 6) is 1.78. The number of imidazole rings is 2. The Bertz CT molecular complexity index is 1190. The molecule has 1 aromatic carbocycles. The van der Waals surface area contributed by atoms with Gasteiger partial charge in [0.1, 0.15) is 17.3 Å². The third-order valence-electron chi connectivity index (χ3n) is 6.03. The molecule has 1 saturated heterocycles. The predicted molar refractivity (Wildman–Crippen MR) is 121 cm³/mol. The average molecular weight is 432 g/mol. The van der Waals surface area contributed by atoms with Gasteiger partial charge in [-0.3, -0.25) is 4.57 Å². The van der Waals surface area contributed by atoms with Crippen molar-refractivity contribution < 1.29 is 9.13 Å². The van der Waals surface area contributed by atoms with Gasteiger partial charge in [-0.25, -0.2) is 19.3 Å².